The van der Waals surface area contributed by atoms with E-state index in [0.717, 1.165) is 50.0 Å². The van der Waals surface area contributed by atoms with Gasteiger partial charge in [-0.15, -0.1) is 24.8 Å². The second-order valence-electron chi connectivity index (χ2n) is 10.5. The van der Waals surface area contributed by atoms with Gasteiger partial charge in [-0.1, -0.05) is 0 Å². The summed E-state index contributed by atoms with van der Waals surface area (Å²) in [6.45, 7) is 8.97. The van der Waals surface area contributed by atoms with Crippen molar-refractivity contribution in [3.63, 3.8) is 0 Å². The number of nitrogens with one attached hydrogen (secondary N) is 3. The summed E-state index contributed by atoms with van der Waals surface area (Å²) in [6.07, 6.45) is 6.88. The van der Waals surface area contributed by atoms with E-state index in [1.807, 2.05) is 49.6 Å². The Morgan fingerprint density at radius 3 is 2.33 bits per heavy atom. The van der Waals surface area contributed by atoms with Crippen molar-refractivity contribution >= 4 is 53.6 Å². The summed E-state index contributed by atoms with van der Waals surface area (Å²) < 4.78 is 7.24. The van der Waals surface area contributed by atoms with Gasteiger partial charge in [-0.3, -0.25) is 9.55 Å². The van der Waals surface area contributed by atoms with Crippen LogP contribution in [0.2, 0.25) is 0 Å². The fourth-order valence-corrected chi connectivity index (χ4v) is 4.68. The molecule has 0 aromatic carbocycles. The molecule has 5 heterocycles. The number of piperidine rings is 2. The molecule has 0 saturated carbocycles. The number of aromatic amines is 1. The van der Waals surface area contributed by atoms with Crippen LogP contribution in [0.3, 0.4) is 0 Å². The first kappa shape index (κ1) is 32.2. The molecule has 0 radical (unpaired) electrons. The van der Waals surface area contributed by atoms with Crippen LogP contribution in [0.4, 0.5) is 16.3 Å². The second kappa shape index (κ2) is 14.4. The Kier molecular flexibility index (Phi) is 11.9. The van der Waals surface area contributed by atoms with Crippen LogP contribution in [0, 0.1) is 0 Å². The molecule has 5 N–H and O–H groups in total. The maximum absolute atomic E-state index is 12.0. The highest BCUT2D eigenvalue weighted by molar-refractivity contribution is 5.85. The number of aromatic nitrogens is 4. The fourth-order valence-electron chi connectivity index (χ4n) is 4.68. The average Bonchev–Trinajstić information content (AvgIpc) is 3.21. The molecular formula is C26H40Cl2N8O3. The lowest BCUT2D eigenvalue weighted by Gasteiger charge is -2.34. The highest BCUT2D eigenvalue weighted by atomic mass is 35.5. The highest BCUT2D eigenvalue weighted by Crippen LogP contribution is 2.22. The number of fused-ring (bicyclic) bond motifs is 1. The lowest BCUT2D eigenvalue weighted by atomic mass is 10.1. The normalized spacial score (nSPS) is 16.3. The van der Waals surface area contributed by atoms with Gasteiger partial charge in [0.15, 0.2) is 5.65 Å². The van der Waals surface area contributed by atoms with E-state index >= 15 is 0 Å². The van der Waals surface area contributed by atoms with Crippen LogP contribution in [0.1, 0.15) is 52.5 Å². The number of halogens is 2. The Labute approximate surface area is 241 Å². The fraction of sp³-hybridized carbons (Fsp3) is 0.538. The lowest BCUT2D eigenvalue weighted by molar-refractivity contribution is 0.0210. The minimum atomic E-state index is -0.448. The Hall–Kier alpha value is -3.02. The van der Waals surface area contributed by atoms with Gasteiger partial charge in [0.05, 0.1) is 11.2 Å². The Bertz CT molecular complexity index is 1250. The van der Waals surface area contributed by atoms with E-state index in [1.165, 1.54) is 0 Å². The number of pyridine rings is 2. The molecule has 2 aliphatic heterocycles. The van der Waals surface area contributed by atoms with Crippen molar-refractivity contribution in [1.29, 1.82) is 0 Å². The minimum Gasteiger partial charge on any atom is -0.444 e. The summed E-state index contributed by atoms with van der Waals surface area (Å²) in [6, 6.07) is 8.19. The van der Waals surface area contributed by atoms with Crippen molar-refractivity contribution in [2.24, 2.45) is 0 Å². The molecule has 216 valence electrons. The molecule has 0 bridgehead atoms. The zero-order valence-electron chi connectivity index (χ0n) is 22.7. The minimum absolute atomic E-state index is 0. The quantitative estimate of drug-likeness (QED) is 0.363. The number of likely N-dealkylation sites (tertiary alicyclic amines) is 1. The Morgan fingerprint density at radius 1 is 1.05 bits per heavy atom. The number of carbonyl (C=O) groups excluding carboxylic acids is 1. The zero-order chi connectivity index (χ0) is 26.4. The maximum Gasteiger partial charge on any atom is 0.410 e. The summed E-state index contributed by atoms with van der Waals surface area (Å²) in [4.78, 5) is 36.7. The van der Waals surface area contributed by atoms with Gasteiger partial charge in [0.2, 0.25) is 0 Å². The first-order chi connectivity index (χ1) is 17.7. The van der Waals surface area contributed by atoms with E-state index in [2.05, 4.69) is 25.6 Å². The molecule has 39 heavy (non-hydrogen) atoms. The molecule has 1 amide bonds. The number of carbonyl (C=O) groups is 1. The number of H-pyrrole nitrogens is 1. The van der Waals surface area contributed by atoms with Crippen LogP contribution < -0.4 is 22.1 Å². The maximum atomic E-state index is 12.0. The molecule has 0 atom stereocenters. The topological polar surface area (TPSA) is 143 Å². The molecule has 2 saturated heterocycles. The summed E-state index contributed by atoms with van der Waals surface area (Å²) in [7, 11) is 0. The summed E-state index contributed by atoms with van der Waals surface area (Å²) in [5.74, 6) is 0.507. The van der Waals surface area contributed by atoms with Crippen molar-refractivity contribution in [3.05, 3.63) is 47.1 Å². The first-order valence-electron chi connectivity index (χ1n) is 12.9. The smallest absolute Gasteiger partial charge is 0.410 e. The van der Waals surface area contributed by atoms with Crippen LogP contribution in [0.5, 0.6) is 0 Å². The number of imidazole rings is 1. The van der Waals surface area contributed by atoms with Gasteiger partial charge in [-0.05, 0) is 83.8 Å². The van der Waals surface area contributed by atoms with Gasteiger partial charge in [0, 0.05) is 37.6 Å². The number of nitrogens with two attached hydrogens (primary N) is 1. The molecular weight excluding hydrogens is 543 g/mol. The standard InChI is InChI=1S/C15H24N4O2.C11H14N4O.2ClH/c1-15(2,3)21-14(20)19-9-6-11(7-10-19)18-12-5-4-8-17-13(12)16;16-11-14-10-9(2-1-5-13-10)15(11)8-3-6-12-7-4-8;;/h4-5,8,11,18H,6-7,9-10H2,1-3H3,(H2,16,17);1-2,5,8,12H,3-4,6-7H2,(H,13,14,16);2*1H. The van der Waals surface area contributed by atoms with Crippen LogP contribution in [-0.2, 0) is 4.74 Å². The van der Waals surface area contributed by atoms with Gasteiger partial charge in [-0.2, -0.15) is 0 Å². The molecule has 3 aromatic heterocycles. The molecule has 0 aliphatic carbocycles. The number of anilines is 2. The second-order valence-corrected chi connectivity index (χ2v) is 10.5. The molecule has 2 fully saturated rings. The lowest BCUT2D eigenvalue weighted by Crippen LogP contribution is -2.44. The monoisotopic (exact) mass is 582 g/mol. The zero-order valence-corrected chi connectivity index (χ0v) is 24.3. The van der Waals surface area contributed by atoms with Crippen LogP contribution in [0.15, 0.2) is 41.5 Å². The van der Waals surface area contributed by atoms with E-state index in [1.54, 1.807) is 17.3 Å². The number of nitrogen functional groups attached to an aromatic ring is 1. The van der Waals surface area contributed by atoms with Crippen molar-refractivity contribution < 1.29 is 9.53 Å². The molecule has 0 spiro atoms. The number of amides is 1. The number of hydrogen-bond donors (Lipinski definition) is 4. The Balaban J connectivity index is 0.000000267. The summed E-state index contributed by atoms with van der Waals surface area (Å²) in [5, 5.41) is 6.69. The summed E-state index contributed by atoms with van der Waals surface area (Å²) in [5.41, 5.74) is 7.79. The highest BCUT2D eigenvalue weighted by Gasteiger charge is 2.27. The number of ether oxygens (including phenoxy) is 1. The van der Waals surface area contributed by atoms with Crippen LogP contribution in [-0.4, -0.2) is 68.3 Å². The van der Waals surface area contributed by atoms with E-state index in [9.17, 15) is 9.59 Å². The van der Waals surface area contributed by atoms with Gasteiger partial charge >= 0.3 is 11.8 Å². The van der Waals surface area contributed by atoms with Gasteiger partial charge < -0.3 is 26.0 Å². The van der Waals surface area contributed by atoms with E-state index < -0.39 is 5.60 Å². The van der Waals surface area contributed by atoms with Crippen molar-refractivity contribution in [3.8, 4) is 0 Å². The van der Waals surface area contributed by atoms with E-state index in [-0.39, 0.29) is 36.6 Å². The number of rotatable bonds is 3. The van der Waals surface area contributed by atoms with Crippen LogP contribution >= 0.6 is 24.8 Å². The third kappa shape index (κ3) is 8.74. The van der Waals surface area contributed by atoms with Crippen molar-refractivity contribution in [1.82, 2.24) is 29.7 Å². The van der Waals surface area contributed by atoms with Crippen LogP contribution in [0.25, 0.3) is 11.2 Å². The first-order valence-corrected chi connectivity index (χ1v) is 12.9. The average molecular weight is 584 g/mol. The van der Waals surface area contributed by atoms with E-state index in [0.29, 0.717) is 36.6 Å². The number of hydrogen-bond acceptors (Lipinski definition) is 8. The molecule has 13 heteroatoms. The molecule has 5 rings (SSSR count). The molecule has 11 nitrogen and oxygen atoms in total. The summed E-state index contributed by atoms with van der Waals surface area (Å²) >= 11 is 0. The SMILES string of the molecule is CC(C)(C)OC(=O)N1CCC(Nc2cccnc2N)CC1.Cl.Cl.O=c1[nH]c2ncccc2n1C1CCNCC1. The predicted molar refractivity (Wildman–Crippen MR) is 159 cm³/mol. The third-order valence-corrected chi connectivity index (χ3v) is 6.51. The van der Waals surface area contributed by atoms with Crippen molar-refractivity contribution in [2.45, 2.75) is 64.1 Å². The largest absolute Gasteiger partial charge is 0.444 e. The van der Waals surface area contributed by atoms with Gasteiger partial charge in [0.1, 0.15) is 11.4 Å². The third-order valence-electron chi connectivity index (χ3n) is 6.51. The number of nitrogens with zero attached hydrogens (tertiary/aromatic N) is 4. The molecule has 2 aliphatic rings. The van der Waals surface area contributed by atoms with Crippen molar-refractivity contribution in [2.75, 3.05) is 37.2 Å². The van der Waals surface area contributed by atoms with E-state index in [4.69, 9.17) is 10.5 Å². The molecule has 0 unspecified atom stereocenters. The van der Waals surface area contributed by atoms with Gasteiger partial charge in [-0.25, -0.2) is 19.6 Å². The molecule has 3 aromatic rings. The van der Waals surface area contributed by atoms with Gasteiger partial charge in [0.25, 0.3) is 0 Å². The Morgan fingerprint density at radius 2 is 1.69 bits per heavy atom. The predicted octanol–water partition coefficient (Wildman–Crippen LogP) is 3.97.